The molecule has 0 fully saturated rings. The first-order valence-electron chi connectivity index (χ1n) is 3.74. The fourth-order valence-electron chi connectivity index (χ4n) is 0.608. The Kier molecular flexibility index (Phi) is 6.32. The number of nitrogens with two attached hydrogens (primary N) is 1. The molecule has 0 heterocycles. The van der Waals surface area contributed by atoms with Gasteiger partial charge in [-0.05, 0) is 6.42 Å². The van der Waals surface area contributed by atoms with Crippen molar-refractivity contribution in [3.8, 4) is 0 Å². The third-order valence-electron chi connectivity index (χ3n) is 1.26. The summed E-state index contributed by atoms with van der Waals surface area (Å²) in [6.07, 6.45) is 2.02. The fraction of sp³-hybridized carbons (Fsp3) is 0.625. The van der Waals surface area contributed by atoms with E-state index < -0.39 is 12.0 Å². The Morgan fingerprint density at radius 3 is 2.83 bits per heavy atom. The van der Waals surface area contributed by atoms with Crippen LogP contribution in [0.25, 0.3) is 0 Å². The van der Waals surface area contributed by atoms with Crippen LogP contribution in [0.5, 0.6) is 0 Å². The minimum Gasteiger partial charge on any atom is -0.462 e. The Balaban J connectivity index is 3.49. The maximum absolute atomic E-state index is 11.0. The number of rotatable bonds is 6. The minimum atomic E-state index is -0.598. The second-order valence-electron chi connectivity index (χ2n) is 2.29. The number of carbonyl (C=O) groups is 1. The van der Waals surface area contributed by atoms with E-state index in [1.165, 1.54) is 7.11 Å². The van der Waals surface area contributed by atoms with Gasteiger partial charge in [-0.1, -0.05) is 6.08 Å². The third kappa shape index (κ3) is 4.87. The second kappa shape index (κ2) is 6.82. The molecule has 0 spiro atoms. The van der Waals surface area contributed by atoms with Crippen LogP contribution in [0, 0.1) is 0 Å². The predicted octanol–water partition coefficient (Wildman–Crippen LogP) is 0.0794. The smallest absolute Gasteiger partial charge is 0.323 e. The number of ether oxygens (including phenoxy) is 2. The fourth-order valence-corrected chi connectivity index (χ4v) is 0.608. The highest BCUT2D eigenvalue weighted by Crippen LogP contribution is 1.92. The van der Waals surface area contributed by atoms with Gasteiger partial charge in [-0.15, -0.1) is 6.58 Å². The van der Waals surface area contributed by atoms with E-state index in [0.29, 0.717) is 13.0 Å². The quantitative estimate of drug-likeness (QED) is 0.351. The molecule has 70 valence electrons. The SMILES string of the molecule is C=CCC(N)C(=O)OCCOC. The van der Waals surface area contributed by atoms with Crippen LogP contribution in [0.3, 0.4) is 0 Å². The van der Waals surface area contributed by atoms with Crippen molar-refractivity contribution in [3.05, 3.63) is 12.7 Å². The van der Waals surface area contributed by atoms with Crippen molar-refractivity contribution < 1.29 is 14.3 Å². The number of methoxy groups -OCH3 is 1. The Hall–Kier alpha value is -0.870. The summed E-state index contributed by atoms with van der Waals surface area (Å²) in [5.74, 6) is -0.410. The van der Waals surface area contributed by atoms with Crippen LogP contribution >= 0.6 is 0 Å². The molecule has 0 aromatic carbocycles. The molecule has 0 aliphatic carbocycles. The molecule has 0 radical (unpaired) electrons. The van der Waals surface area contributed by atoms with Gasteiger partial charge in [-0.3, -0.25) is 4.79 Å². The van der Waals surface area contributed by atoms with Crippen LogP contribution in [0.4, 0.5) is 0 Å². The molecule has 0 saturated heterocycles. The van der Waals surface area contributed by atoms with E-state index >= 15 is 0 Å². The highest BCUT2D eigenvalue weighted by molar-refractivity contribution is 5.75. The van der Waals surface area contributed by atoms with Crippen LogP contribution in [0.2, 0.25) is 0 Å². The summed E-state index contributed by atoms with van der Waals surface area (Å²) >= 11 is 0. The van der Waals surface area contributed by atoms with Gasteiger partial charge >= 0.3 is 5.97 Å². The van der Waals surface area contributed by atoms with Crippen LogP contribution in [-0.4, -0.2) is 32.3 Å². The Labute approximate surface area is 72.3 Å². The lowest BCUT2D eigenvalue weighted by Gasteiger charge is -2.08. The highest BCUT2D eigenvalue weighted by atomic mass is 16.6. The molecule has 0 aliphatic heterocycles. The zero-order chi connectivity index (χ0) is 9.40. The number of hydrogen-bond donors (Lipinski definition) is 1. The minimum absolute atomic E-state index is 0.250. The topological polar surface area (TPSA) is 61.6 Å². The Morgan fingerprint density at radius 2 is 2.33 bits per heavy atom. The molecule has 0 aromatic rings. The third-order valence-corrected chi connectivity index (χ3v) is 1.26. The van der Waals surface area contributed by atoms with Crippen molar-refractivity contribution in [2.45, 2.75) is 12.5 Å². The van der Waals surface area contributed by atoms with Crippen molar-refractivity contribution in [2.75, 3.05) is 20.3 Å². The van der Waals surface area contributed by atoms with E-state index in [9.17, 15) is 4.79 Å². The van der Waals surface area contributed by atoms with Crippen LogP contribution < -0.4 is 5.73 Å². The molecule has 0 amide bonds. The molecule has 0 bridgehead atoms. The molecule has 0 saturated carbocycles. The molecule has 1 atom stereocenters. The van der Waals surface area contributed by atoms with Crippen molar-refractivity contribution in [2.24, 2.45) is 5.73 Å². The predicted molar refractivity (Wildman–Crippen MR) is 45.6 cm³/mol. The molecule has 2 N–H and O–H groups in total. The van der Waals surface area contributed by atoms with Gasteiger partial charge in [0.05, 0.1) is 6.61 Å². The van der Waals surface area contributed by atoms with E-state index in [4.69, 9.17) is 15.2 Å². The summed E-state index contributed by atoms with van der Waals surface area (Å²) in [4.78, 5) is 11.0. The number of hydrogen-bond acceptors (Lipinski definition) is 4. The molecular formula is C8H15NO3. The molecule has 0 rings (SSSR count). The maximum atomic E-state index is 11.0. The molecule has 0 aliphatic rings. The Morgan fingerprint density at radius 1 is 1.67 bits per heavy atom. The number of carbonyl (C=O) groups excluding carboxylic acids is 1. The summed E-state index contributed by atoms with van der Waals surface area (Å²) in [5.41, 5.74) is 5.42. The van der Waals surface area contributed by atoms with Crippen molar-refractivity contribution >= 4 is 5.97 Å². The van der Waals surface area contributed by atoms with Crippen LogP contribution in [0.15, 0.2) is 12.7 Å². The van der Waals surface area contributed by atoms with Crippen molar-refractivity contribution in [1.82, 2.24) is 0 Å². The van der Waals surface area contributed by atoms with E-state index in [1.807, 2.05) is 0 Å². The Bertz CT molecular complexity index is 147. The first kappa shape index (κ1) is 11.1. The van der Waals surface area contributed by atoms with Gasteiger partial charge in [0.25, 0.3) is 0 Å². The summed E-state index contributed by atoms with van der Waals surface area (Å²) < 4.78 is 9.45. The van der Waals surface area contributed by atoms with Gasteiger partial charge < -0.3 is 15.2 Å². The lowest BCUT2D eigenvalue weighted by Crippen LogP contribution is -2.32. The lowest BCUT2D eigenvalue weighted by molar-refractivity contribution is -0.146. The molecule has 12 heavy (non-hydrogen) atoms. The van der Waals surface area contributed by atoms with Crippen molar-refractivity contribution in [3.63, 3.8) is 0 Å². The molecule has 4 heteroatoms. The van der Waals surface area contributed by atoms with Gasteiger partial charge in [0.1, 0.15) is 12.6 Å². The summed E-state index contributed by atoms with van der Waals surface area (Å²) in [6.45, 7) is 4.11. The monoisotopic (exact) mass is 173 g/mol. The van der Waals surface area contributed by atoms with E-state index in [0.717, 1.165) is 0 Å². The van der Waals surface area contributed by atoms with Gasteiger partial charge in [-0.25, -0.2) is 0 Å². The zero-order valence-electron chi connectivity index (χ0n) is 7.29. The summed E-state index contributed by atoms with van der Waals surface area (Å²) in [6, 6.07) is -0.598. The largest absolute Gasteiger partial charge is 0.462 e. The lowest BCUT2D eigenvalue weighted by atomic mass is 10.2. The second-order valence-corrected chi connectivity index (χ2v) is 2.29. The van der Waals surface area contributed by atoms with Crippen LogP contribution in [0.1, 0.15) is 6.42 Å². The van der Waals surface area contributed by atoms with Crippen LogP contribution in [-0.2, 0) is 14.3 Å². The summed E-state index contributed by atoms with van der Waals surface area (Å²) in [7, 11) is 1.54. The maximum Gasteiger partial charge on any atom is 0.323 e. The van der Waals surface area contributed by atoms with Gasteiger partial charge in [0.2, 0.25) is 0 Å². The normalized spacial score (nSPS) is 12.2. The van der Waals surface area contributed by atoms with Gasteiger partial charge in [0, 0.05) is 7.11 Å². The van der Waals surface area contributed by atoms with E-state index in [-0.39, 0.29) is 6.61 Å². The average molecular weight is 173 g/mol. The van der Waals surface area contributed by atoms with Crippen molar-refractivity contribution in [1.29, 1.82) is 0 Å². The summed E-state index contributed by atoms with van der Waals surface area (Å²) in [5, 5.41) is 0. The first-order chi connectivity index (χ1) is 5.72. The molecule has 4 nitrogen and oxygen atoms in total. The molecular weight excluding hydrogens is 158 g/mol. The first-order valence-corrected chi connectivity index (χ1v) is 3.74. The van der Waals surface area contributed by atoms with Gasteiger partial charge in [0.15, 0.2) is 0 Å². The number of esters is 1. The van der Waals surface area contributed by atoms with E-state index in [2.05, 4.69) is 6.58 Å². The van der Waals surface area contributed by atoms with E-state index in [1.54, 1.807) is 6.08 Å². The molecule has 1 unspecified atom stereocenters. The average Bonchev–Trinajstić information content (AvgIpc) is 2.05. The van der Waals surface area contributed by atoms with Gasteiger partial charge in [-0.2, -0.15) is 0 Å². The molecule has 0 aromatic heterocycles. The zero-order valence-corrected chi connectivity index (χ0v) is 7.29. The standard InChI is InChI=1S/C8H15NO3/c1-3-4-7(9)8(10)12-6-5-11-2/h3,7H,1,4-6,9H2,2H3. The highest BCUT2D eigenvalue weighted by Gasteiger charge is 2.12.